The van der Waals surface area contributed by atoms with Crippen molar-refractivity contribution in [3.63, 3.8) is 0 Å². The number of carbonyl (C=O) groups excluding carboxylic acids is 2. The SMILES string of the molecule is CC1(C)C(=O)NC(=O)C(C)(C)C1N. The molecule has 0 aromatic heterocycles. The Labute approximate surface area is 77.9 Å². The van der Waals surface area contributed by atoms with E-state index in [0.29, 0.717) is 0 Å². The Kier molecular flexibility index (Phi) is 1.99. The van der Waals surface area contributed by atoms with E-state index < -0.39 is 16.9 Å². The minimum absolute atomic E-state index is 0.288. The minimum atomic E-state index is -0.683. The van der Waals surface area contributed by atoms with Crippen LogP contribution in [0.4, 0.5) is 0 Å². The van der Waals surface area contributed by atoms with Crippen LogP contribution in [0.1, 0.15) is 27.7 Å². The van der Waals surface area contributed by atoms with Gasteiger partial charge in [-0.3, -0.25) is 14.9 Å². The van der Waals surface area contributed by atoms with Crippen molar-refractivity contribution in [1.82, 2.24) is 5.32 Å². The fraction of sp³-hybridized carbons (Fsp3) is 0.778. The second-order valence-corrected chi connectivity index (χ2v) is 4.70. The summed E-state index contributed by atoms with van der Waals surface area (Å²) in [5.74, 6) is -0.575. The first kappa shape index (κ1) is 10.2. The lowest BCUT2D eigenvalue weighted by atomic mass is 9.66. The number of imide groups is 1. The molecular weight excluding hydrogens is 168 g/mol. The van der Waals surface area contributed by atoms with E-state index >= 15 is 0 Å². The van der Waals surface area contributed by atoms with Gasteiger partial charge in [-0.1, -0.05) is 0 Å². The Morgan fingerprint density at radius 1 is 1.08 bits per heavy atom. The van der Waals surface area contributed by atoms with Crippen LogP contribution in [-0.2, 0) is 9.59 Å². The van der Waals surface area contributed by atoms with Crippen LogP contribution < -0.4 is 11.1 Å². The predicted octanol–water partition coefficient (Wildman–Crippen LogP) is 0.0225. The summed E-state index contributed by atoms with van der Waals surface area (Å²) >= 11 is 0. The minimum Gasteiger partial charge on any atom is -0.326 e. The highest BCUT2D eigenvalue weighted by Crippen LogP contribution is 2.36. The van der Waals surface area contributed by atoms with Gasteiger partial charge >= 0.3 is 0 Å². The molecule has 0 unspecified atom stereocenters. The molecule has 1 rings (SSSR count). The zero-order valence-corrected chi connectivity index (χ0v) is 8.47. The Hall–Kier alpha value is -0.900. The quantitative estimate of drug-likeness (QED) is 0.521. The molecule has 74 valence electrons. The fourth-order valence-electron chi connectivity index (χ4n) is 1.61. The van der Waals surface area contributed by atoms with Gasteiger partial charge in [0.15, 0.2) is 0 Å². The zero-order chi connectivity index (χ0) is 10.4. The van der Waals surface area contributed by atoms with Crippen molar-refractivity contribution >= 4 is 11.8 Å². The van der Waals surface area contributed by atoms with Crippen LogP contribution in [0.2, 0.25) is 0 Å². The number of piperidine rings is 1. The first-order chi connectivity index (χ1) is 5.70. The van der Waals surface area contributed by atoms with Gasteiger partial charge in [-0.2, -0.15) is 0 Å². The molecule has 0 radical (unpaired) electrons. The van der Waals surface area contributed by atoms with Crippen molar-refractivity contribution in [2.75, 3.05) is 0 Å². The number of rotatable bonds is 0. The number of nitrogens with two attached hydrogens (primary N) is 1. The van der Waals surface area contributed by atoms with Crippen molar-refractivity contribution in [2.45, 2.75) is 33.7 Å². The molecule has 0 aromatic carbocycles. The van der Waals surface area contributed by atoms with Crippen LogP contribution in [0.15, 0.2) is 0 Å². The van der Waals surface area contributed by atoms with Crippen LogP contribution in [0.3, 0.4) is 0 Å². The Morgan fingerprint density at radius 2 is 1.38 bits per heavy atom. The first-order valence-corrected chi connectivity index (χ1v) is 4.32. The summed E-state index contributed by atoms with van der Waals surface area (Å²) < 4.78 is 0. The molecule has 4 nitrogen and oxygen atoms in total. The highest BCUT2D eigenvalue weighted by molar-refractivity contribution is 6.03. The van der Waals surface area contributed by atoms with Gasteiger partial charge in [-0.15, -0.1) is 0 Å². The van der Waals surface area contributed by atoms with Gasteiger partial charge in [0, 0.05) is 6.04 Å². The van der Waals surface area contributed by atoms with Crippen LogP contribution >= 0.6 is 0 Å². The lowest BCUT2D eigenvalue weighted by Gasteiger charge is -2.44. The van der Waals surface area contributed by atoms with E-state index in [1.807, 2.05) is 0 Å². The number of carbonyl (C=O) groups is 2. The Morgan fingerprint density at radius 3 is 1.69 bits per heavy atom. The van der Waals surface area contributed by atoms with Gasteiger partial charge in [-0.25, -0.2) is 0 Å². The van der Waals surface area contributed by atoms with E-state index in [2.05, 4.69) is 5.32 Å². The summed E-state index contributed by atoms with van der Waals surface area (Å²) in [6.45, 7) is 7.00. The lowest BCUT2D eigenvalue weighted by Crippen LogP contribution is -2.66. The molecule has 0 aliphatic carbocycles. The fourth-order valence-corrected chi connectivity index (χ4v) is 1.61. The molecule has 1 fully saturated rings. The highest BCUT2D eigenvalue weighted by Gasteiger charge is 2.51. The number of hydrogen-bond acceptors (Lipinski definition) is 3. The summed E-state index contributed by atoms with van der Waals surface area (Å²) in [7, 11) is 0. The third kappa shape index (κ3) is 1.25. The van der Waals surface area contributed by atoms with Crippen molar-refractivity contribution in [1.29, 1.82) is 0 Å². The lowest BCUT2D eigenvalue weighted by molar-refractivity contribution is -0.150. The van der Waals surface area contributed by atoms with Crippen molar-refractivity contribution in [3.05, 3.63) is 0 Å². The number of nitrogens with one attached hydrogen (secondary N) is 1. The van der Waals surface area contributed by atoms with Gasteiger partial charge in [0.1, 0.15) is 0 Å². The molecule has 2 amide bonds. The monoisotopic (exact) mass is 184 g/mol. The van der Waals surface area contributed by atoms with Gasteiger partial charge in [0.05, 0.1) is 10.8 Å². The third-order valence-corrected chi connectivity index (χ3v) is 2.95. The van der Waals surface area contributed by atoms with Crippen molar-refractivity contribution in [2.24, 2.45) is 16.6 Å². The largest absolute Gasteiger partial charge is 0.326 e. The van der Waals surface area contributed by atoms with Gasteiger partial charge in [0.25, 0.3) is 0 Å². The molecule has 0 saturated carbocycles. The topological polar surface area (TPSA) is 72.2 Å². The zero-order valence-electron chi connectivity index (χ0n) is 8.47. The second-order valence-electron chi connectivity index (χ2n) is 4.70. The highest BCUT2D eigenvalue weighted by atomic mass is 16.2. The maximum absolute atomic E-state index is 11.4. The number of hydrogen-bond donors (Lipinski definition) is 2. The number of amides is 2. The van der Waals surface area contributed by atoms with E-state index in [1.165, 1.54) is 0 Å². The molecule has 0 atom stereocenters. The first-order valence-electron chi connectivity index (χ1n) is 4.32. The molecule has 3 N–H and O–H groups in total. The molecule has 0 aromatic rings. The van der Waals surface area contributed by atoms with Crippen LogP contribution in [-0.4, -0.2) is 17.9 Å². The molecule has 1 heterocycles. The van der Waals surface area contributed by atoms with Gasteiger partial charge < -0.3 is 5.73 Å². The van der Waals surface area contributed by atoms with Gasteiger partial charge in [0.2, 0.25) is 11.8 Å². The second kappa shape index (κ2) is 2.54. The summed E-state index contributed by atoms with van der Waals surface area (Å²) in [5.41, 5.74) is 4.52. The summed E-state index contributed by atoms with van der Waals surface area (Å²) in [6.07, 6.45) is 0. The summed E-state index contributed by atoms with van der Waals surface area (Å²) in [6, 6.07) is -0.443. The van der Waals surface area contributed by atoms with Gasteiger partial charge in [-0.05, 0) is 27.7 Å². The van der Waals surface area contributed by atoms with Crippen LogP contribution in [0, 0.1) is 10.8 Å². The van der Waals surface area contributed by atoms with E-state index in [-0.39, 0.29) is 11.8 Å². The molecule has 1 aliphatic heterocycles. The maximum Gasteiger partial charge on any atom is 0.233 e. The van der Waals surface area contributed by atoms with Crippen molar-refractivity contribution < 1.29 is 9.59 Å². The normalized spacial score (nSPS) is 27.2. The third-order valence-electron chi connectivity index (χ3n) is 2.95. The summed E-state index contributed by atoms with van der Waals surface area (Å²) in [5, 5.41) is 2.33. The standard InChI is InChI=1S/C9H16N2O2/c1-8(2)5(10)9(3,4)7(13)11-6(8)12/h5H,10H2,1-4H3,(H,11,12,13). The van der Waals surface area contributed by atoms with Crippen molar-refractivity contribution in [3.8, 4) is 0 Å². The maximum atomic E-state index is 11.4. The van der Waals surface area contributed by atoms with Crippen LogP contribution in [0.25, 0.3) is 0 Å². The molecule has 13 heavy (non-hydrogen) atoms. The smallest absolute Gasteiger partial charge is 0.233 e. The molecule has 4 heteroatoms. The molecule has 1 aliphatic rings. The predicted molar refractivity (Wildman–Crippen MR) is 48.7 cm³/mol. The van der Waals surface area contributed by atoms with E-state index in [9.17, 15) is 9.59 Å². The molecular formula is C9H16N2O2. The average molecular weight is 184 g/mol. The molecule has 0 bridgehead atoms. The van der Waals surface area contributed by atoms with E-state index in [1.54, 1.807) is 27.7 Å². The Bertz CT molecular complexity index is 243. The van der Waals surface area contributed by atoms with E-state index in [0.717, 1.165) is 0 Å². The average Bonchev–Trinajstić information content (AvgIpc) is 2.00. The summed E-state index contributed by atoms with van der Waals surface area (Å²) in [4.78, 5) is 22.8. The Balaban J connectivity index is 3.11. The van der Waals surface area contributed by atoms with Crippen LogP contribution in [0.5, 0.6) is 0 Å². The molecule has 1 saturated heterocycles. The van der Waals surface area contributed by atoms with E-state index in [4.69, 9.17) is 5.73 Å². The molecule has 0 spiro atoms.